The number of thiophene rings is 1. The fraction of sp³-hybridized carbons (Fsp3) is 0.538. The fourth-order valence-electron chi connectivity index (χ4n) is 4.09. The Bertz CT molecular complexity index is 987. The average Bonchev–Trinajstić information content (AvgIpc) is 3.30. The Morgan fingerprint density at radius 1 is 1.17 bits per heavy atom. The van der Waals surface area contributed by atoms with E-state index in [1.54, 1.807) is 30.5 Å². The number of hydrogen-bond donors (Lipinski definition) is 1. The number of carbonyl (C=O) groups is 2. The topological polar surface area (TPSA) is 80.3 Å². The SMILES string of the molecule is COCCCN(CC(=O)N1CCc2sccc2C1COc1ccccc1OC)C(=O)NC(C)(C)C. The summed E-state index contributed by atoms with van der Waals surface area (Å²) in [5, 5.41) is 5.03. The molecule has 1 aromatic carbocycles. The molecule has 35 heavy (non-hydrogen) atoms. The van der Waals surface area contributed by atoms with Crippen LogP contribution in [-0.2, 0) is 16.0 Å². The second kappa shape index (κ2) is 12.3. The van der Waals surface area contributed by atoms with Crippen LogP contribution in [0.5, 0.6) is 11.5 Å². The van der Waals surface area contributed by atoms with Gasteiger partial charge in [0.1, 0.15) is 13.2 Å². The second-order valence-electron chi connectivity index (χ2n) is 9.56. The zero-order chi connectivity index (χ0) is 25.4. The molecule has 0 spiro atoms. The molecule has 1 aliphatic rings. The molecule has 0 aliphatic carbocycles. The highest BCUT2D eigenvalue weighted by Crippen LogP contribution is 2.35. The molecule has 3 amide bonds. The molecule has 2 aromatic rings. The summed E-state index contributed by atoms with van der Waals surface area (Å²) in [4.78, 5) is 31.2. The first kappa shape index (κ1) is 26.8. The number of ether oxygens (including phenoxy) is 3. The van der Waals surface area contributed by atoms with Crippen molar-refractivity contribution < 1.29 is 23.8 Å². The zero-order valence-electron chi connectivity index (χ0n) is 21.3. The van der Waals surface area contributed by atoms with Crippen LogP contribution in [0.25, 0.3) is 0 Å². The molecular formula is C26H37N3O5S. The van der Waals surface area contributed by atoms with Crippen molar-refractivity contribution in [2.45, 2.75) is 45.2 Å². The van der Waals surface area contributed by atoms with Crippen molar-refractivity contribution in [1.29, 1.82) is 0 Å². The molecule has 192 valence electrons. The molecule has 1 N–H and O–H groups in total. The maximum Gasteiger partial charge on any atom is 0.318 e. The van der Waals surface area contributed by atoms with Crippen LogP contribution in [0.2, 0.25) is 0 Å². The van der Waals surface area contributed by atoms with E-state index in [1.165, 1.54) is 4.88 Å². The Hall–Kier alpha value is -2.78. The van der Waals surface area contributed by atoms with E-state index in [-0.39, 0.29) is 24.5 Å². The monoisotopic (exact) mass is 503 g/mol. The number of rotatable bonds is 10. The second-order valence-corrected chi connectivity index (χ2v) is 10.6. The number of nitrogens with zero attached hydrogens (tertiary/aromatic N) is 2. The highest BCUT2D eigenvalue weighted by atomic mass is 32.1. The Balaban J connectivity index is 1.77. The molecule has 0 radical (unpaired) electrons. The standard InChI is InChI=1S/C26H37N3O5S/c1-26(2,3)27-25(31)28(13-8-15-32-4)17-24(30)29-14-11-23-19(12-16-35-23)20(29)18-34-22-10-7-6-9-21(22)33-5/h6-7,9-10,12,16,20H,8,11,13-15,17-18H2,1-5H3,(H,27,31). The molecule has 0 saturated heterocycles. The third kappa shape index (κ3) is 7.35. The van der Waals surface area contributed by atoms with E-state index < -0.39 is 5.54 Å². The van der Waals surface area contributed by atoms with Crippen molar-refractivity contribution in [2.75, 3.05) is 47.1 Å². The third-order valence-corrected chi connectivity index (χ3v) is 6.75. The molecular weight excluding hydrogens is 466 g/mol. The van der Waals surface area contributed by atoms with Crippen LogP contribution < -0.4 is 14.8 Å². The summed E-state index contributed by atoms with van der Waals surface area (Å²) in [6.07, 6.45) is 1.44. The fourth-order valence-corrected chi connectivity index (χ4v) is 5.02. The molecule has 1 aliphatic heterocycles. The van der Waals surface area contributed by atoms with Gasteiger partial charge in [-0.2, -0.15) is 0 Å². The van der Waals surface area contributed by atoms with Crippen molar-refractivity contribution in [2.24, 2.45) is 0 Å². The maximum atomic E-state index is 13.6. The van der Waals surface area contributed by atoms with Crippen molar-refractivity contribution in [3.63, 3.8) is 0 Å². The quantitative estimate of drug-likeness (QED) is 0.494. The average molecular weight is 504 g/mol. The van der Waals surface area contributed by atoms with Gasteiger partial charge in [-0.3, -0.25) is 4.79 Å². The van der Waals surface area contributed by atoms with E-state index in [2.05, 4.69) is 16.8 Å². The number of nitrogens with one attached hydrogen (secondary N) is 1. The predicted molar refractivity (Wildman–Crippen MR) is 137 cm³/mol. The van der Waals surface area contributed by atoms with Gasteiger partial charge in [0.2, 0.25) is 5.91 Å². The van der Waals surface area contributed by atoms with Crippen molar-refractivity contribution >= 4 is 23.3 Å². The van der Waals surface area contributed by atoms with Crippen LogP contribution in [0.15, 0.2) is 35.7 Å². The van der Waals surface area contributed by atoms with Gasteiger partial charge in [0.25, 0.3) is 0 Å². The molecule has 8 nitrogen and oxygen atoms in total. The van der Waals surface area contributed by atoms with E-state index in [9.17, 15) is 9.59 Å². The van der Waals surface area contributed by atoms with Crippen LogP contribution in [0.4, 0.5) is 4.79 Å². The minimum atomic E-state index is -0.401. The van der Waals surface area contributed by atoms with Gasteiger partial charge < -0.3 is 29.3 Å². The summed E-state index contributed by atoms with van der Waals surface area (Å²) in [7, 11) is 3.24. The molecule has 1 unspecified atom stereocenters. The lowest BCUT2D eigenvalue weighted by atomic mass is 10.0. The Kier molecular flexibility index (Phi) is 9.40. The number of carbonyl (C=O) groups excluding carboxylic acids is 2. The number of benzene rings is 1. The Morgan fingerprint density at radius 2 is 1.91 bits per heavy atom. The molecule has 0 saturated carbocycles. The first-order chi connectivity index (χ1) is 16.7. The van der Waals surface area contributed by atoms with Gasteiger partial charge in [0.05, 0.1) is 13.2 Å². The van der Waals surface area contributed by atoms with Crippen LogP contribution in [0, 0.1) is 0 Å². The van der Waals surface area contributed by atoms with E-state index in [4.69, 9.17) is 14.2 Å². The lowest BCUT2D eigenvalue weighted by Crippen LogP contribution is -2.53. The van der Waals surface area contributed by atoms with Crippen LogP contribution in [-0.4, -0.2) is 74.3 Å². The minimum absolute atomic E-state index is 0.00371. The summed E-state index contributed by atoms with van der Waals surface area (Å²) in [5.74, 6) is 1.18. The van der Waals surface area contributed by atoms with Crippen molar-refractivity contribution in [1.82, 2.24) is 15.1 Å². The number of urea groups is 1. The number of amides is 3. The van der Waals surface area contributed by atoms with Crippen LogP contribution >= 0.6 is 11.3 Å². The third-order valence-electron chi connectivity index (χ3n) is 5.75. The number of para-hydroxylation sites is 2. The van der Waals surface area contributed by atoms with E-state index in [0.29, 0.717) is 44.2 Å². The van der Waals surface area contributed by atoms with Crippen LogP contribution in [0.3, 0.4) is 0 Å². The lowest BCUT2D eigenvalue weighted by molar-refractivity contribution is -0.135. The molecule has 1 aromatic heterocycles. The number of fused-ring (bicyclic) bond motifs is 1. The van der Waals surface area contributed by atoms with E-state index in [1.807, 2.05) is 49.9 Å². The van der Waals surface area contributed by atoms with Crippen molar-refractivity contribution in [3.8, 4) is 11.5 Å². The summed E-state index contributed by atoms with van der Waals surface area (Å²) in [5.41, 5.74) is 0.705. The Morgan fingerprint density at radius 3 is 2.60 bits per heavy atom. The first-order valence-corrected chi connectivity index (χ1v) is 12.8. The predicted octanol–water partition coefficient (Wildman–Crippen LogP) is 4.11. The number of hydrogen-bond acceptors (Lipinski definition) is 6. The normalized spacial score (nSPS) is 15.3. The maximum absolute atomic E-state index is 13.6. The van der Waals surface area contributed by atoms with Gasteiger partial charge in [-0.1, -0.05) is 12.1 Å². The van der Waals surface area contributed by atoms with Gasteiger partial charge in [0.15, 0.2) is 11.5 Å². The van der Waals surface area contributed by atoms with Gasteiger partial charge in [-0.15, -0.1) is 11.3 Å². The first-order valence-electron chi connectivity index (χ1n) is 11.9. The lowest BCUT2D eigenvalue weighted by Gasteiger charge is -2.37. The van der Waals surface area contributed by atoms with Gasteiger partial charge in [-0.05, 0) is 62.8 Å². The smallest absolute Gasteiger partial charge is 0.318 e. The van der Waals surface area contributed by atoms with E-state index >= 15 is 0 Å². The Labute approximate surface area is 212 Å². The molecule has 1 atom stereocenters. The van der Waals surface area contributed by atoms with E-state index in [0.717, 1.165) is 12.0 Å². The molecule has 2 heterocycles. The minimum Gasteiger partial charge on any atom is -0.493 e. The number of methoxy groups -OCH3 is 2. The molecule has 9 heteroatoms. The highest BCUT2D eigenvalue weighted by molar-refractivity contribution is 7.10. The van der Waals surface area contributed by atoms with Crippen molar-refractivity contribution in [3.05, 3.63) is 46.2 Å². The van der Waals surface area contributed by atoms with Crippen LogP contribution in [0.1, 0.15) is 43.7 Å². The summed E-state index contributed by atoms with van der Waals surface area (Å²) >= 11 is 1.70. The summed E-state index contributed by atoms with van der Waals surface area (Å²) in [6.45, 7) is 7.60. The largest absolute Gasteiger partial charge is 0.493 e. The molecule has 0 bridgehead atoms. The van der Waals surface area contributed by atoms with Gasteiger partial charge in [0, 0.05) is 37.2 Å². The highest BCUT2D eigenvalue weighted by Gasteiger charge is 2.34. The van der Waals surface area contributed by atoms with Gasteiger partial charge >= 0.3 is 6.03 Å². The van der Waals surface area contributed by atoms with Gasteiger partial charge in [-0.25, -0.2) is 4.79 Å². The molecule has 3 rings (SSSR count). The molecule has 0 fully saturated rings. The summed E-state index contributed by atoms with van der Waals surface area (Å²) < 4.78 is 16.7. The summed E-state index contributed by atoms with van der Waals surface area (Å²) in [6, 6.07) is 9.06. The zero-order valence-corrected chi connectivity index (χ0v) is 22.2.